The van der Waals surface area contributed by atoms with Gasteiger partial charge in [-0.2, -0.15) is 5.26 Å². The molecule has 0 spiro atoms. The zero-order chi connectivity index (χ0) is 11.5. The van der Waals surface area contributed by atoms with Gasteiger partial charge >= 0.3 is 5.97 Å². The molecule has 0 aliphatic heterocycles. The number of methoxy groups -OCH3 is 1. The number of benzene rings is 1. The summed E-state index contributed by atoms with van der Waals surface area (Å²) in [6.07, 6.45) is 0. The van der Waals surface area contributed by atoms with Crippen molar-refractivity contribution in [2.24, 2.45) is 0 Å². The average molecular weight is 212 g/mol. The van der Waals surface area contributed by atoms with Crippen molar-refractivity contribution < 1.29 is 9.53 Å². The molecule has 1 aromatic carbocycles. The first-order chi connectivity index (χ1) is 7.74. The van der Waals surface area contributed by atoms with Crippen molar-refractivity contribution in [3.8, 4) is 6.07 Å². The standard InChI is InChI=1S/C12H8N2O2/c1-16-12(15)10-5-4-9-3-2-8(7-13)6-11(9)14-10/h2-6H,1H3. The van der Waals surface area contributed by atoms with Crippen LogP contribution in [0.3, 0.4) is 0 Å². The number of nitriles is 1. The summed E-state index contributed by atoms with van der Waals surface area (Å²) in [6, 6.07) is 10.5. The molecule has 16 heavy (non-hydrogen) atoms. The number of fused-ring (bicyclic) bond motifs is 1. The third-order valence-corrected chi connectivity index (χ3v) is 2.22. The Hall–Kier alpha value is -2.41. The Morgan fingerprint density at radius 2 is 2.12 bits per heavy atom. The molecule has 0 fully saturated rings. The van der Waals surface area contributed by atoms with Crippen LogP contribution < -0.4 is 0 Å². The Labute approximate surface area is 92.1 Å². The van der Waals surface area contributed by atoms with Crippen LogP contribution >= 0.6 is 0 Å². The third kappa shape index (κ3) is 1.71. The first-order valence-corrected chi connectivity index (χ1v) is 4.64. The number of carbonyl (C=O) groups excluding carboxylic acids is 1. The van der Waals surface area contributed by atoms with Crippen molar-refractivity contribution in [1.82, 2.24) is 4.98 Å². The highest BCUT2D eigenvalue weighted by Gasteiger charge is 2.07. The topological polar surface area (TPSA) is 63.0 Å². The van der Waals surface area contributed by atoms with Crippen LogP contribution in [-0.2, 0) is 4.74 Å². The minimum Gasteiger partial charge on any atom is -0.464 e. The summed E-state index contributed by atoms with van der Waals surface area (Å²) in [5.74, 6) is -0.482. The van der Waals surface area contributed by atoms with E-state index in [4.69, 9.17) is 5.26 Å². The van der Waals surface area contributed by atoms with E-state index in [1.165, 1.54) is 7.11 Å². The molecule has 0 atom stereocenters. The second-order valence-corrected chi connectivity index (χ2v) is 3.21. The predicted octanol–water partition coefficient (Wildman–Crippen LogP) is 1.89. The summed E-state index contributed by atoms with van der Waals surface area (Å²) >= 11 is 0. The van der Waals surface area contributed by atoms with E-state index < -0.39 is 5.97 Å². The maximum absolute atomic E-state index is 11.3. The Balaban J connectivity index is 2.60. The molecule has 0 radical (unpaired) electrons. The van der Waals surface area contributed by atoms with E-state index in [0.717, 1.165) is 5.39 Å². The van der Waals surface area contributed by atoms with Gasteiger partial charge in [-0.1, -0.05) is 12.1 Å². The number of carbonyl (C=O) groups is 1. The summed E-state index contributed by atoms with van der Waals surface area (Å²) in [4.78, 5) is 15.4. The lowest BCUT2D eigenvalue weighted by molar-refractivity contribution is 0.0594. The molecule has 0 saturated heterocycles. The van der Waals surface area contributed by atoms with E-state index >= 15 is 0 Å². The van der Waals surface area contributed by atoms with Crippen molar-refractivity contribution in [3.05, 3.63) is 41.6 Å². The van der Waals surface area contributed by atoms with Crippen molar-refractivity contribution in [1.29, 1.82) is 5.26 Å². The minimum atomic E-state index is -0.482. The maximum atomic E-state index is 11.3. The molecule has 78 valence electrons. The molecule has 0 aliphatic carbocycles. The van der Waals surface area contributed by atoms with E-state index in [1.54, 1.807) is 30.3 Å². The maximum Gasteiger partial charge on any atom is 0.356 e. The molecule has 0 unspecified atom stereocenters. The van der Waals surface area contributed by atoms with Crippen molar-refractivity contribution in [2.75, 3.05) is 7.11 Å². The number of nitrogens with zero attached hydrogens (tertiary/aromatic N) is 2. The highest BCUT2D eigenvalue weighted by Crippen LogP contribution is 2.14. The highest BCUT2D eigenvalue weighted by molar-refractivity contribution is 5.91. The molecule has 1 heterocycles. The fourth-order valence-electron chi connectivity index (χ4n) is 1.40. The average Bonchev–Trinajstić information content (AvgIpc) is 2.36. The lowest BCUT2D eigenvalue weighted by atomic mass is 10.1. The second-order valence-electron chi connectivity index (χ2n) is 3.21. The van der Waals surface area contributed by atoms with E-state index in [9.17, 15) is 4.79 Å². The zero-order valence-electron chi connectivity index (χ0n) is 8.60. The van der Waals surface area contributed by atoms with Crippen molar-refractivity contribution >= 4 is 16.9 Å². The van der Waals surface area contributed by atoms with Gasteiger partial charge in [0.25, 0.3) is 0 Å². The number of pyridine rings is 1. The predicted molar refractivity (Wildman–Crippen MR) is 57.8 cm³/mol. The Morgan fingerprint density at radius 3 is 2.81 bits per heavy atom. The van der Waals surface area contributed by atoms with E-state index in [2.05, 4.69) is 9.72 Å². The summed E-state index contributed by atoms with van der Waals surface area (Å²) < 4.78 is 4.58. The largest absolute Gasteiger partial charge is 0.464 e. The van der Waals surface area contributed by atoms with Gasteiger partial charge in [-0.25, -0.2) is 9.78 Å². The van der Waals surface area contributed by atoms with Gasteiger partial charge in [-0.05, 0) is 18.2 Å². The van der Waals surface area contributed by atoms with Crippen LogP contribution in [0, 0.1) is 11.3 Å². The first-order valence-electron chi connectivity index (χ1n) is 4.64. The monoisotopic (exact) mass is 212 g/mol. The number of ether oxygens (including phenoxy) is 1. The summed E-state index contributed by atoms with van der Waals surface area (Å²) in [7, 11) is 1.31. The summed E-state index contributed by atoms with van der Waals surface area (Å²) in [6.45, 7) is 0. The Morgan fingerprint density at radius 1 is 1.38 bits per heavy atom. The van der Waals surface area contributed by atoms with Crippen molar-refractivity contribution in [3.63, 3.8) is 0 Å². The number of rotatable bonds is 1. The molecule has 2 aromatic rings. The van der Waals surface area contributed by atoms with E-state index in [-0.39, 0.29) is 5.69 Å². The van der Waals surface area contributed by atoms with Crippen LogP contribution in [0.5, 0.6) is 0 Å². The molecule has 4 heteroatoms. The fourth-order valence-corrected chi connectivity index (χ4v) is 1.40. The number of aromatic nitrogens is 1. The SMILES string of the molecule is COC(=O)c1ccc2ccc(C#N)cc2n1. The van der Waals surface area contributed by atoms with E-state index in [1.807, 2.05) is 6.07 Å². The molecule has 0 amide bonds. The molecular formula is C12H8N2O2. The van der Waals surface area contributed by atoms with Gasteiger partial charge in [0.2, 0.25) is 0 Å². The fraction of sp³-hybridized carbons (Fsp3) is 0.0833. The van der Waals surface area contributed by atoms with Gasteiger partial charge in [0, 0.05) is 5.39 Å². The first kappa shape index (κ1) is 10.1. The number of hydrogen-bond donors (Lipinski definition) is 0. The van der Waals surface area contributed by atoms with Crippen LogP contribution in [0.1, 0.15) is 16.1 Å². The second kappa shape index (κ2) is 3.99. The van der Waals surface area contributed by atoms with Gasteiger partial charge in [-0.15, -0.1) is 0 Å². The molecule has 0 N–H and O–H groups in total. The van der Waals surface area contributed by atoms with Crippen LogP contribution in [-0.4, -0.2) is 18.1 Å². The Bertz CT molecular complexity index is 599. The number of esters is 1. The van der Waals surface area contributed by atoms with Gasteiger partial charge < -0.3 is 4.74 Å². The van der Waals surface area contributed by atoms with Gasteiger partial charge in [0.05, 0.1) is 24.3 Å². The zero-order valence-corrected chi connectivity index (χ0v) is 8.60. The molecule has 4 nitrogen and oxygen atoms in total. The smallest absolute Gasteiger partial charge is 0.356 e. The molecular weight excluding hydrogens is 204 g/mol. The molecule has 0 saturated carbocycles. The quantitative estimate of drug-likeness (QED) is 0.677. The summed E-state index contributed by atoms with van der Waals surface area (Å²) in [5, 5.41) is 9.63. The van der Waals surface area contributed by atoms with Crippen LogP contribution in [0.4, 0.5) is 0 Å². The Kier molecular flexibility index (Phi) is 2.52. The normalized spacial score (nSPS) is 9.75. The van der Waals surface area contributed by atoms with Crippen LogP contribution in [0.2, 0.25) is 0 Å². The molecule has 0 aliphatic rings. The van der Waals surface area contributed by atoms with Crippen molar-refractivity contribution in [2.45, 2.75) is 0 Å². The van der Waals surface area contributed by atoms with Gasteiger partial charge in [0.1, 0.15) is 5.69 Å². The number of hydrogen-bond acceptors (Lipinski definition) is 4. The third-order valence-electron chi connectivity index (χ3n) is 2.22. The lowest BCUT2D eigenvalue weighted by Gasteiger charge is -2.01. The van der Waals surface area contributed by atoms with Gasteiger partial charge in [-0.3, -0.25) is 0 Å². The van der Waals surface area contributed by atoms with E-state index in [0.29, 0.717) is 11.1 Å². The van der Waals surface area contributed by atoms with Crippen LogP contribution in [0.15, 0.2) is 30.3 Å². The van der Waals surface area contributed by atoms with Gasteiger partial charge in [0.15, 0.2) is 0 Å². The minimum absolute atomic E-state index is 0.241. The highest BCUT2D eigenvalue weighted by atomic mass is 16.5. The summed E-state index contributed by atoms with van der Waals surface area (Å²) in [5.41, 5.74) is 1.37. The molecule has 2 rings (SSSR count). The lowest BCUT2D eigenvalue weighted by Crippen LogP contribution is -2.03. The molecule has 0 bridgehead atoms. The molecule has 1 aromatic heterocycles. The van der Waals surface area contributed by atoms with Crippen LogP contribution in [0.25, 0.3) is 10.9 Å².